The Bertz CT molecular complexity index is 1080. The molecule has 0 aliphatic rings. The van der Waals surface area contributed by atoms with Crippen LogP contribution < -0.4 is 10.1 Å². The molecule has 4 aromatic rings. The molecule has 0 fully saturated rings. The number of halogens is 1. The van der Waals surface area contributed by atoms with Crippen LogP contribution in [0.15, 0.2) is 84.9 Å². The van der Waals surface area contributed by atoms with Crippen LogP contribution in [0.4, 0.5) is 5.69 Å². The van der Waals surface area contributed by atoms with Gasteiger partial charge in [0.05, 0.1) is 0 Å². The van der Waals surface area contributed by atoms with Gasteiger partial charge in [-0.1, -0.05) is 71.8 Å². The fraction of sp³-hybridized carbons (Fsp3) is 0.120. The first-order valence-electron chi connectivity index (χ1n) is 9.37. The van der Waals surface area contributed by atoms with Crippen molar-refractivity contribution in [3.05, 3.63) is 107 Å². The van der Waals surface area contributed by atoms with Gasteiger partial charge in [0.15, 0.2) is 0 Å². The molecule has 0 amide bonds. The van der Waals surface area contributed by atoms with Crippen molar-refractivity contribution in [1.82, 2.24) is 0 Å². The smallest absolute Gasteiger partial charge is 0.124 e. The van der Waals surface area contributed by atoms with E-state index in [1.807, 2.05) is 18.2 Å². The van der Waals surface area contributed by atoms with Crippen LogP contribution in [-0.4, -0.2) is 0 Å². The van der Waals surface area contributed by atoms with Crippen molar-refractivity contribution < 1.29 is 4.74 Å². The molecule has 3 heteroatoms. The molecule has 0 aliphatic heterocycles. The maximum Gasteiger partial charge on any atom is 0.124 e. The summed E-state index contributed by atoms with van der Waals surface area (Å²) in [5.41, 5.74) is 4.52. The maximum atomic E-state index is 6.23. The number of nitrogens with one attached hydrogen (secondary N) is 1. The molecule has 0 aliphatic carbocycles. The molecule has 4 aromatic carbocycles. The van der Waals surface area contributed by atoms with Gasteiger partial charge >= 0.3 is 0 Å². The Morgan fingerprint density at radius 3 is 2.46 bits per heavy atom. The normalized spacial score (nSPS) is 10.8. The lowest BCUT2D eigenvalue weighted by Gasteiger charge is -2.14. The van der Waals surface area contributed by atoms with Crippen molar-refractivity contribution in [3.8, 4) is 5.75 Å². The molecule has 0 atom stereocenters. The average Bonchev–Trinajstić information content (AvgIpc) is 2.72. The van der Waals surface area contributed by atoms with Gasteiger partial charge in [0.1, 0.15) is 12.4 Å². The fourth-order valence-electron chi connectivity index (χ4n) is 3.27. The van der Waals surface area contributed by atoms with E-state index >= 15 is 0 Å². The Hall–Kier alpha value is -2.97. The van der Waals surface area contributed by atoms with Crippen molar-refractivity contribution in [3.63, 3.8) is 0 Å². The van der Waals surface area contributed by atoms with Gasteiger partial charge in [0, 0.05) is 22.8 Å². The molecule has 0 radical (unpaired) electrons. The van der Waals surface area contributed by atoms with Crippen LogP contribution in [0.2, 0.25) is 5.02 Å². The summed E-state index contributed by atoms with van der Waals surface area (Å²) in [4.78, 5) is 0. The lowest BCUT2D eigenvalue weighted by atomic mass is 10.1. The summed E-state index contributed by atoms with van der Waals surface area (Å²) in [6.45, 7) is 3.25. The number of rotatable bonds is 6. The van der Waals surface area contributed by atoms with Crippen LogP contribution in [0.3, 0.4) is 0 Å². The maximum absolute atomic E-state index is 6.23. The van der Waals surface area contributed by atoms with Crippen molar-refractivity contribution in [1.29, 1.82) is 0 Å². The van der Waals surface area contributed by atoms with Gasteiger partial charge < -0.3 is 10.1 Å². The van der Waals surface area contributed by atoms with Crippen molar-refractivity contribution >= 4 is 28.1 Å². The molecule has 1 N–H and O–H groups in total. The summed E-state index contributed by atoms with van der Waals surface area (Å²) in [6, 6.07) is 28.8. The molecular formula is C25H22ClNO. The zero-order valence-electron chi connectivity index (χ0n) is 15.8. The predicted octanol–water partition coefficient (Wildman–Crippen LogP) is 6.99. The van der Waals surface area contributed by atoms with Crippen molar-refractivity contribution in [2.75, 3.05) is 5.32 Å². The van der Waals surface area contributed by atoms with Gasteiger partial charge in [-0.05, 0) is 53.6 Å². The van der Waals surface area contributed by atoms with Crippen LogP contribution in [0.25, 0.3) is 10.8 Å². The second-order valence-electron chi connectivity index (χ2n) is 6.90. The summed E-state index contributed by atoms with van der Waals surface area (Å²) >= 11 is 6.23. The monoisotopic (exact) mass is 387 g/mol. The molecular weight excluding hydrogens is 366 g/mol. The molecule has 28 heavy (non-hydrogen) atoms. The van der Waals surface area contributed by atoms with Gasteiger partial charge in [-0.2, -0.15) is 0 Å². The zero-order chi connectivity index (χ0) is 19.3. The van der Waals surface area contributed by atoms with E-state index in [0.717, 1.165) is 17.0 Å². The number of ether oxygens (including phenoxy) is 1. The lowest BCUT2D eigenvalue weighted by molar-refractivity contribution is 0.305. The third kappa shape index (κ3) is 4.29. The Kier molecular flexibility index (Phi) is 5.50. The van der Waals surface area contributed by atoms with E-state index in [0.29, 0.717) is 18.2 Å². The van der Waals surface area contributed by atoms with Crippen LogP contribution in [-0.2, 0) is 13.2 Å². The minimum Gasteiger partial charge on any atom is -0.489 e. The van der Waals surface area contributed by atoms with Crippen molar-refractivity contribution in [2.45, 2.75) is 20.1 Å². The van der Waals surface area contributed by atoms with E-state index in [1.165, 1.54) is 21.9 Å². The molecule has 2 nitrogen and oxygen atoms in total. The largest absolute Gasteiger partial charge is 0.489 e. The van der Waals surface area contributed by atoms with Crippen LogP contribution >= 0.6 is 11.6 Å². The topological polar surface area (TPSA) is 21.3 Å². The third-order valence-electron chi connectivity index (χ3n) is 4.82. The number of anilines is 1. The lowest BCUT2D eigenvalue weighted by Crippen LogP contribution is -2.04. The first kappa shape index (κ1) is 18.4. The highest BCUT2D eigenvalue weighted by molar-refractivity contribution is 6.30. The predicted molar refractivity (Wildman–Crippen MR) is 118 cm³/mol. The zero-order valence-corrected chi connectivity index (χ0v) is 16.5. The van der Waals surface area contributed by atoms with E-state index < -0.39 is 0 Å². The molecule has 0 bridgehead atoms. The minimum absolute atomic E-state index is 0.514. The van der Waals surface area contributed by atoms with Gasteiger partial charge in [-0.25, -0.2) is 0 Å². The Morgan fingerprint density at radius 2 is 1.61 bits per heavy atom. The summed E-state index contributed by atoms with van der Waals surface area (Å²) in [7, 11) is 0. The minimum atomic E-state index is 0.514. The van der Waals surface area contributed by atoms with Gasteiger partial charge in [-0.15, -0.1) is 0 Å². The molecule has 0 unspecified atom stereocenters. The summed E-state index contributed by atoms with van der Waals surface area (Å²) < 4.78 is 6.20. The number of hydrogen-bond donors (Lipinski definition) is 1. The summed E-state index contributed by atoms with van der Waals surface area (Å²) in [6.07, 6.45) is 0. The Balaban J connectivity index is 1.52. The van der Waals surface area contributed by atoms with Crippen LogP contribution in [0.5, 0.6) is 5.75 Å². The van der Waals surface area contributed by atoms with Gasteiger partial charge in [0.25, 0.3) is 0 Å². The molecule has 0 saturated carbocycles. The quantitative estimate of drug-likeness (QED) is 0.384. The van der Waals surface area contributed by atoms with Crippen molar-refractivity contribution in [2.24, 2.45) is 0 Å². The molecule has 0 spiro atoms. The number of fused-ring (bicyclic) bond motifs is 1. The first-order valence-corrected chi connectivity index (χ1v) is 9.75. The van der Waals surface area contributed by atoms with E-state index in [9.17, 15) is 0 Å². The standard InChI is InChI=1S/C25H22ClNO/c1-18-9-12-23(13-10-18)27-16-21-15-22(26)11-14-25(21)28-17-20-7-4-6-19-5-2-3-8-24(19)20/h2-15,27H,16-17H2,1H3. The van der Waals surface area contributed by atoms with Crippen LogP contribution in [0, 0.1) is 6.92 Å². The highest BCUT2D eigenvalue weighted by Gasteiger charge is 2.07. The Labute approximate surface area is 170 Å². The number of hydrogen-bond acceptors (Lipinski definition) is 2. The molecule has 0 aromatic heterocycles. The fourth-order valence-corrected chi connectivity index (χ4v) is 3.46. The van der Waals surface area contributed by atoms with Crippen LogP contribution in [0.1, 0.15) is 16.7 Å². The summed E-state index contributed by atoms with van der Waals surface area (Å²) in [5.74, 6) is 0.844. The molecule has 140 valence electrons. The van der Waals surface area contributed by atoms with E-state index in [1.54, 1.807) is 0 Å². The van der Waals surface area contributed by atoms with Gasteiger partial charge in [-0.3, -0.25) is 0 Å². The molecule has 0 heterocycles. The third-order valence-corrected chi connectivity index (χ3v) is 5.06. The second kappa shape index (κ2) is 8.37. The highest BCUT2D eigenvalue weighted by Crippen LogP contribution is 2.26. The second-order valence-corrected chi connectivity index (χ2v) is 7.34. The van der Waals surface area contributed by atoms with Gasteiger partial charge in [0.2, 0.25) is 0 Å². The number of benzene rings is 4. The highest BCUT2D eigenvalue weighted by atomic mass is 35.5. The average molecular weight is 388 g/mol. The Morgan fingerprint density at radius 1 is 0.821 bits per heavy atom. The molecule has 4 rings (SSSR count). The van der Waals surface area contributed by atoms with E-state index in [2.05, 4.69) is 79.0 Å². The first-order chi connectivity index (χ1) is 13.7. The SMILES string of the molecule is Cc1ccc(NCc2cc(Cl)ccc2OCc2cccc3ccccc23)cc1. The number of aryl methyl sites for hydroxylation is 1. The molecule has 0 saturated heterocycles. The van der Waals surface area contributed by atoms with E-state index in [4.69, 9.17) is 16.3 Å². The van der Waals surface area contributed by atoms with E-state index in [-0.39, 0.29) is 0 Å². The summed E-state index contributed by atoms with van der Waals surface area (Å²) in [5, 5.41) is 6.60.